The van der Waals surface area contributed by atoms with Crippen LogP contribution < -0.4 is 0 Å². The monoisotopic (exact) mass is 468 g/mol. The molecule has 4 rings (SSSR count). The molecule has 2 saturated heterocycles. The van der Waals surface area contributed by atoms with Gasteiger partial charge in [-0.1, -0.05) is 0 Å². The molecule has 3 aliphatic rings. The topological polar surface area (TPSA) is 87.2 Å². The lowest BCUT2D eigenvalue weighted by molar-refractivity contribution is -0.143. The number of amides is 2. The number of halogens is 3. The van der Waals surface area contributed by atoms with Crippen molar-refractivity contribution >= 4 is 18.0 Å². The number of carbonyl (C=O) groups is 3. The Morgan fingerprint density at radius 2 is 1.67 bits per heavy atom. The van der Waals surface area contributed by atoms with E-state index in [0.717, 1.165) is 25.0 Å². The minimum Gasteiger partial charge on any atom is -0.481 e. The average Bonchev–Trinajstić information content (AvgIpc) is 3.08. The largest absolute Gasteiger partial charge is 0.481 e. The number of nitrogens with zero attached hydrogens (tertiary/aromatic N) is 2. The fourth-order valence-electron chi connectivity index (χ4n) is 5.10. The van der Waals surface area contributed by atoms with E-state index in [-0.39, 0.29) is 29.4 Å². The second-order valence-corrected chi connectivity index (χ2v) is 9.35. The number of carboxylic acids is 1. The summed E-state index contributed by atoms with van der Waals surface area (Å²) in [6, 6.07) is 4.18. The predicted octanol–water partition coefficient (Wildman–Crippen LogP) is 4.02. The van der Waals surface area contributed by atoms with Gasteiger partial charge < -0.3 is 19.6 Å². The van der Waals surface area contributed by atoms with Crippen molar-refractivity contribution in [1.82, 2.24) is 9.80 Å². The summed E-state index contributed by atoms with van der Waals surface area (Å²) in [7, 11) is 0. The molecule has 2 heterocycles. The Labute approximate surface area is 189 Å². The molecule has 1 N–H and O–H groups in total. The zero-order valence-electron chi connectivity index (χ0n) is 18.1. The van der Waals surface area contributed by atoms with Crippen LogP contribution in [0.25, 0.3) is 0 Å². The summed E-state index contributed by atoms with van der Waals surface area (Å²) in [6.45, 7) is 1.68. The highest BCUT2D eigenvalue weighted by Gasteiger charge is 2.48. The number of ether oxygens (including phenoxy) is 1. The van der Waals surface area contributed by atoms with Crippen molar-refractivity contribution in [2.75, 3.05) is 26.2 Å². The molecule has 0 atom stereocenters. The molecule has 2 aliphatic heterocycles. The van der Waals surface area contributed by atoms with Gasteiger partial charge in [0.05, 0.1) is 18.0 Å². The lowest BCUT2D eigenvalue weighted by atomic mass is 9.81. The van der Waals surface area contributed by atoms with Crippen LogP contribution >= 0.6 is 0 Å². The first kappa shape index (κ1) is 23.4. The molecule has 7 nitrogen and oxygen atoms in total. The number of hydrogen-bond donors (Lipinski definition) is 1. The first-order chi connectivity index (χ1) is 15.6. The smallest absolute Gasteiger partial charge is 0.416 e. The normalized spacial score (nSPS) is 25.2. The lowest BCUT2D eigenvalue weighted by Gasteiger charge is -2.37. The molecule has 1 spiro atoms. The Morgan fingerprint density at radius 3 is 2.21 bits per heavy atom. The van der Waals surface area contributed by atoms with E-state index in [0.29, 0.717) is 51.9 Å². The summed E-state index contributed by atoms with van der Waals surface area (Å²) < 4.78 is 43.9. The van der Waals surface area contributed by atoms with Gasteiger partial charge in [0.25, 0.3) is 5.91 Å². The van der Waals surface area contributed by atoms with Crippen molar-refractivity contribution in [2.24, 2.45) is 11.8 Å². The van der Waals surface area contributed by atoms with Crippen molar-refractivity contribution < 1.29 is 37.4 Å². The number of piperidine rings is 1. The van der Waals surface area contributed by atoms with Gasteiger partial charge in [0.15, 0.2) is 0 Å². The van der Waals surface area contributed by atoms with E-state index in [1.165, 1.54) is 12.1 Å². The number of benzene rings is 1. The molecule has 180 valence electrons. The Morgan fingerprint density at radius 1 is 1.06 bits per heavy atom. The number of carboxylic acid groups (broad SMARTS) is 1. The zero-order valence-corrected chi connectivity index (χ0v) is 18.1. The maximum absolute atomic E-state index is 12.7. The van der Waals surface area contributed by atoms with E-state index in [9.17, 15) is 27.6 Å². The van der Waals surface area contributed by atoms with E-state index in [1.807, 2.05) is 0 Å². The van der Waals surface area contributed by atoms with Gasteiger partial charge in [-0.3, -0.25) is 9.59 Å². The average molecular weight is 468 g/mol. The molecule has 0 unspecified atom stereocenters. The molecule has 3 fully saturated rings. The molecule has 0 aromatic heterocycles. The third-order valence-corrected chi connectivity index (χ3v) is 7.14. The molecule has 1 saturated carbocycles. The van der Waals surface area contributed by atoms with Gasteiger partial charge in [0.2, 0.25) is 0 Å². The van der Waals surface area contributed by atoms with E-state index < -0.39 is 23.3 Å². The number of hydrogen-bond acceptors (Lipinski definition) is 4. The number of aliphatic carboxylic acids is 1. The van der Waals surface area contributed by atoms with Crippen LogP contribution in [-0.2, 0) is 15.7 Å². The first-order valence-electron chi connectivity index (χ1n) is 11.2. The molecule has 0 radical (unpaired) electrons. The van der Waals surface area contributed by atoms with E-state index in [4.69, 9.17) is 9.84 Å². The summed E-state index contributed by atoms with van der Waals surface area (Å²) in [5, 5.41) is 9.14. The fraction of sp³-hybridized carbons (Fsp3) is 0.609. The molecule has 1 aromatic rings. The minimum absolute atomic E-state index is 0.195. The quantitative estimate of drug-likeness (QED) is 0.721. The number of likely N-dealkylation sites (tertiary alicyclic amines) is 1. The number of alkyl halides is 3. The second-order valence-electron chi connectivity index (χ2n) is 9.35. The summed E-state index contributed by atoms with van der Waals surface area (Å²) in [5.74, 6) is -1.14. The van der Waals surface area contributed by atoms with Crippen molar-refractivity contribution in [1.29, 1.82) is 0 Å². The van der Waals surface area contributed by atoms with E-state index in [2.05, 4.69) is 0 Å². The molecular weight excluding hydrogens is 441 g/mol. The zero-order chi connectivity index (χ0) is 23.8. The first-order valence-corrected chi connectivity index (χ1v) is 11.2. The van der Waals surface area contributed by atoms with Crippen molar-refractivity contribution in [3.05, 3.63) is 35.4 Å². The van der Waals surface area contributed by atoms with Crippen LogP contribution in [-0.4, -0.2) is 64.7 Å². The highest BCUT2D eigenvalue weighted by atomic mass is 19.4. The highest BCUT2D eigenvalue weighted by Crippen LogP contribution is 2.36. The Hall–Kier alpha value is -2.78. The Bertz CT molecular complexity index is 902. The van der Waals surface area contributed by atoms with Crippen LogP contribution in [0.3, 0.4) is 0 Å². The van der Waals surface area contributed by atoms with Gasteiger partial charge in [0.1, 0.15) is 5.60 Å². The highest BCUT2D eigenvalue weighted by molar-refractivity contribution is 5.94. The van der Waals surface area contributed by atoms with E-state index in [1.54, 1.807) is 9.80 Å². The number of carbonyl (C=O) groups excluding carboxylic acids is 2. The van der Waals surface area contributed by atoms with Crippen molar-refractivity contribution in [3.63, 3.8) is 0 Å². The van der Waals surface area contributed by atoms with Crippen LogP contribution in [0, 0.1) is 11.8 Å². The molecule has 33 heavy (non-hydrogen) atoms. The van der Waals surface area contributed by atoms with Gasteiger partial charge in [-0.25, -0.2) is 4.79 Å². The molecule has 1 aromatic carbocycles. The van der Waals surface area contributed by atoms with Gasteiger partial charge in [-0.2, -0.15) is 13.2 Å². The molecule has 2 amide bonds. The summed E-state index contributed by atoms with van der Waals surface area (Å²) in [5.41, 5.74) is -1.27. The Balaban J connectivity index is 1.29. The van der Waals surface area contributed by atoms with Crippen LogP contribution in [0.1, 0.15) is 54.4 Å². The maximum atomic E-state index is 12.7. The maximum Gasteiger partial charge on any atom is 0.416 e. The van der Waals surface area contributed by atoms with Crippen LogP contribution in [0.5, 0.6) is 0 Å². The third kappa shape index (κ3) is 5.09. The Kier molecular flexibility index (Phi) is 6.28. The SMILES string of the molecule is O=C(c1ccc(C(F)(F)F)cc1)N1CCC2(CC1)CN(C[C@H]1CC[C@H](C(=O)O)CC1)C(=O)O2. The van der Waals surface area contributed by atoms with Crippen LogP contribution in [0.4, 0.5) is 18.0 Å². The minimum atomic E-state index is -4.45. The molecule has 1 aliphatic carbocycles. The molecule has 0 bridgehead atoms. The molecule has 10 heteroatoms. The van der Waals surface area contributed by atoms with Crippen LogP contribution in [0.2, 0.25) is 0 Å². The summed E-state index contributed by atoms with van der Waals surface area (Å²) >= 11 is 0. The predicted molar refractivity (Wildman–Crippen MR) is 110 cm³/mol. The second kappa shape index (κ2) is 8.87. The summed E-state index contributed by atoms with van der Waals surface area (Å²) in [6.07, 6.45) is -1.12. The number of rotatable bonds is 4. The van der Waals surface area contributed by atoms with Crippen molar-refractivity contribution in [3.8, 4) is 0 Å². The standard InChI is InChI=1S/C23H27F3N2O5/c24-23(25,26)18-7-5-16(6-8-18)19(29)27-11-9-22(10-12-27)14-28(21(32)33-22)13-15-1-3-17(4-2-15)20(30)31/h5-8,15,17H,1-4,9-14H2,(H,30,31)/t15-,17-. The summed E-state index contributed by atoms with van der Waals surface area (Å²) in [4.78, 5) is 39.6. The van der Waals surface area contributed by atoms with Gasteiger partial charge in [-0.05, 0) is 55.9 Å². The van der Waals surface area contributed by atoms with Crippen LogP contribution in [0.15, 0.2) is 24.3 Å². The van der Waals surface area contributed by atoms with Gasteiger partial charge in [0, 0.05) is 38.0 Å². The van der Waals surface area contributed by atoms with Gasteiger partial charge in [-0.15, -0.1) is 0 Å². The lowest BCUT2D eigenvalue weighted by Crippen LogP contribution is -2.49. The van der Waals surface area contributed by atoms with Crippen molar-refractivity contribution in [2.45, 2.75) is 50.3 Å². The molecular formula is C23H27F3N2O5. The van der Waals surface area contributed by atoms with E-state index >= 15 is 0 Å². The van der Waals surface area contributed by atoms with Gasteiger partial charge >= 0.3 is 18.2 Å². The fourth-order valence-corrected chi connectivity index (χ4v) is 5.10. The third-order valence-electron chi connectivity index (χ3n) is 7.14.